The lowest BCUT2D eigenvalue weighted by Gasteiger charge is -2.38. The number of hydrogen-bond donors (Lipinski definition) is 0. The molecule has 0 spiro atoms. The van der Waals surface area contributed by atoms with E-state index in [9.17, 15) is 0 Å². The van der Waals surface area contributed by atoms with Crippen LogP contribution >= 0.6 is 0 Å². The van der Waals surface area contributed by atoms with E-state index in [2.05, 4.69) is 235 Å². The predicted molar refractivity (Wildman–Crippen MR) is 302 cm³/mol. The second-order valence-corrected chi connectivity index (χ2v) is 30.7. The summed E-state index contributed by atoms with van der Waals surface area (Å²) in [7, 11) is -4.81. The lowest BCUT2D eigenvalue weighted by Crippen LogP contribution is -2.50. The highest BCUT2D eigenvalue weighted by molar-refractivity contribution is 7.03. The van der Waals surface area contributed by atoms with Crippen molar-refractivity contribution in [1.29, 1.82) is 0 Å². The Hall–Kier alpha value is -7.13. The van der Waals surface area contributed by atoms with Crippen LogP contribution in [0.4, 0.5) is 34.1 Å². The Morgan fingerprint density at radius 1 is 0.471 bits per heavy atom. The van der Waals surface area contributed by atoms with Gasteiger partial charge in [-0.1, -0.05) is 151 Å². The van der Waals surface area contributed by atoms with Crippen molar-refractivity contribution in [1.82, 2.24) is 0 Å². The molecule has 0 saturated carbocycles. The highest BCUT2D eigenvalue weighted by Gasteiger charge is 2.58. The van der Waals surface area contributed by atoms with Crippen LogP contribution in [0.5, 0.6) is 0 Å². The lowest BCUT2D eigenvalue weighted by molar-refractivity contribution is 0.659. The van der Waals surface area contributed by atoms with Gasteiger partial charge < -0.3 is 18.6 Å². The lowest BCUT2D eigenvalue weighted by atomic mass is 9.86. The Morgan fingerprint density at radius 2 is 0.943 bits per heavy atom. The van der Waals surface area contributed by atoms with Crippen LogP contribution in [0, 0.1) is 41.5 Å². The molecule has 8 aromatic carbocycles. The van der Waals surface area contributed by atoms with Gasteiger partial charge in [-0.3, -0.25) is 0 Å². The Labute approximate surface area is 413 Å². The number of benzene rings is 8. The van der Waals surface area contributed by atoms with Crippen LogP contribution in [0.25, 0.3) is 49.5 Å². The summed E-state index contributed by atoms with van der Waals surface area (Å²) in [5, 5.41) is 9.30. The number of rotatable bonds is 6. The van der Waals surface area contributed by atoms with E-state index in [1.807, 2.05) is 0 Å². The summed E-state index contributed by atoms with van der Waals surface area (Å²) >= 11 is 0. The molecule has 0 fully saturated rings. The smallest absolute Gasteiger partial charge is 0.145 e. The van der Waals surface area contributed by atoms with Gasteiger partial charge in [-0.15, -0.1) is 0 Å². The molecule has 344 valence electrons. The summed E-state index contributed by atoms with van der Waals surface area (Å²) < 4.78 is 14.5. The van der Waals surface area contributed by atoms with Crippen molar-refractivity contribution < 1.29 is 8.83 Å². The summed E-state index contributed by atoms with van der Waals surface area (Å²) in [6.45, 7) is 23.8. The monoisotopic (exact) mass is 942 g/mol. The number of hydrogen-bond acceptors (Lipinski definition) is 4. The highest BCUT2D eigenvalue weighted by Crippen LogP contribution is 2.61. The Morgan fingerprint density at radius 3 is 1.47 bits per heavy atom. The molecule has 0 amide bonds. The molecule has 2 unspecified atom stereocenters. The first-order valence-corrected chi connectivity index (χ1v) is 31.1. The summed E-state index contributed by atoms with van der Waals surface area (Å²) in [5.41, 5.74) is 22.8. The molecule has 4 heterocycles. The van der Waals surface area contributed by atoms with E-state index in [1.165, 1.54) is 94.0 Å². The third-order valence-corrected chi connectivity index (χ3v) is 24.4. The van der Waals surface area contributed by atoms with Gasteiger partial charge in [0.05, 0.1) is 30.2 Å². The van der Waals surface area contributed by atoms with Crippen molar-refractivity contribution in [2.24, 2.45) is 0 Å². The predicted octanol–water partition coefficient (Wildman–Crippen LogP) is 17.2. The second kappa shape index (κ2) is 15.2. The number of aryl methyl sites for hydroxylation is 6. The summed E-state index contributed by atoms with van der Waals surface area (Å²) in [4.78, 5) is 5.03. The third kappa shape index (κ3) is 6.05. The zero-order valence-electron chi connectivity index (χ0n) is 41.9. The fourth-order valence-electron chi connectivity index (χ4n) is 13.1. The number of furan rings is 2. The minimum absolute atomic E-state index is 0.187. The molecule has 2 atom stereocenters. The minimum atomic E-state index is -2.44. The van der Waals surface area contributed by atoms with Crippen LogP contribution in [-0.2, 0) is 0 Å². The topological polar surface area (TPSA) is 32.8 Å². The van der Waals surface area contributed by atoms with Crippen molar-refractivity contribution in [3.8, 4) is 0 Å². The van der Waals surface area contributed by atoms with Crippen molar-refractivity contribution in [2.75, 3.05) is 9.80 Å². The molecule has 4 nitrogen and oxygen atoms in total. The molecule has 0 N–H and O–H groups in total. The molecule has 0 bridgehead atoms. The SMILES string of the molecule is Cc1ccc(N(c2ccc(C)cc2C)c2cc3c(c4oc5ccccc5c24)C2=C(C4C(C=C2)c2c(cc(N(c5ccc(C)cc5)c5ccc(C)cc5C)c5c2oc2ccccc25)[Si]4(C)C)[Si]3(C)C)cc1. The molecule has 2 aromatic heterocycles. The minimum Gasteiger partial charge on any atom is -0.456 e. The van der Waals surface area contributed by atoms with Gasteiger partial charge in [0, 0.05) is 50.6 Å². The molecule has 10 aromatic rings. The fraction of sp³-hybridized carbons (Fsp3) is 0.188. The number of allylic oxidation sites excluding steroid dienone is 4. The fourth-order valence-corrected chi connectivity index (χ4v) is 22.7. The molecular weight excluding hydrogens is 885 g/mol. The van der Waals surface area contributed by atoms with E-state index in [-0.39, 0.29) is 5.92 Å². The Kier molecular flexibility index (Phi) is 9.31. The maximum Gasteiger partial charge on any atom is 0.145 e. The van der Waals surface area contributed by atoms with Crippen LogP contribution in [-0.4, -0.2) is 16.1 Å². The zero-order chi connectivity index (χ0) is 48.1. The molecule has 2 aliphatic heterocycles. The van der Waals surface area contributed by atoms with E-state index in [0.717, 1.165) is 44.5 Å². The normalized spacial score (nSPS) is 17.4. The van der Waals surface area contributed by atoms with E-state index < -0.39 is 16.1 Å². The van der Waals surface area contributed by atoms with Gasteiger partial charge >= 0.3 is 0 Å². The molecular formula is C64H58N2O2Si2. The molecule has 70 heavy (non-hydrogen) atoms. The van der Waals surface area contributed by atoms with Crippen molar-refractivity contribution in [3.63, 3.8) is 0 Å². The standard InChI is InChI=1S/C64H58N2O2Si2/c1-37-19-25-43(26-20-37)65(49-31-23-39(3)33-41(49)5)51-35-55-59(61-57(51)45-15-11-13-17-53(45)67-61)47-29-30-48-60-56(70(9,10)64(48)63(47)69(55,7)8)36-52(58-46-16-12-14-18-54(46)68-62(58)60)66(44-27-21-38(2)22-28-44)50-32-24-40(4)34-42(50)6/h11-36,47,63H,1-10H3. The molecule has 0 saturated heterocycles. The van der Waals surface area contributed by atoms with Crippen molar-refractivity contribution >= 4 is 110 Å². The van der Waals surface area contributed by atoms with Crippen LogP contribution in [0.15, 0.2) is 172 Å². The molecule has 0 radical (unpaired) electrons. The summed E-state index contributed by atoms with van der Waals surface area (Å²) in [6, 6.07) is 54.4. The second-order valence-electron chi connectivity index (χ2n) is 21.7. The van der Waals surface area contributed by atoms with E-state index >= 15 is 0 Å². The van der Waals surface area contributed by atoms with Crippen molar-refractivity contribution in [3.05, 3.63) is 207 Å². The molecule has 13 rings (SSSR count). The summed E-state index contributed by atoms with van der Waals surface area (Å²) in [6.07, 6.45) is 5.07. The first-order chi connectivity index (χ1) is 33.7. The quantitative estimate of drug-likeness (QED) is 0.156. The first kappa shape index (κ1) is 42.9. The van der Waals surface area contributed by atoms with Crippen molar-refractivity contribution in [2.45, 2.75) is 79.2 Å². The zero-order valence-corrected chi connectivity index (χ0v) is 43.9. The van der Waals surface area contributed by atoms with Crippen LogP contribution in [0.2, 0.25) is 31.7 Å². The Balaban J connectivity index is 1.06. The number of fused-ring (bicyclic) bond motifs is 14. The highest BCUT2D eigenvalue weighted by atomic mass is 28.3. The maximum absolute atomic E-state index is 7.27. The largest absolute Gasteiger partial charge is 0.456 e. The van der Waals surface area contributed by atoms with Crippen LogP contribution in [0.3, 0.4) is 0 Å². The van der Waals surface area contributed by atoms with Gasteiger partial charge in [-0.25, -0.2) is 0 Å². The van der Waals surface area contributed by atoms with Gasteiger partial charge in [-0.05, 0) is 135 Å². The van der Waals surface area contributed by atoms with E-state index in [0.29, 0.717) is 5.54 Å². The summed E-state index contributed by atoms with van der Waals surface area (Å²) in [5.74, 6) is 0.187. The molecule has 3 aliphatic rings. The number of anilines is 6. The van der Waals surface area contributed by atoms with Gasteiger partial charge in [0.1, 0.15) is 30.4 Å². The maximum atomic E-state index is 7.27. The van der Waals surface area contributed by atoms with Crippen LogP contribution in [0.1, 0.15) is 50.4 Å². The first-order valence-electron chi connectivity index (χ1n) is 25.0. The molecule has 1 aliphatic carbocycles. The van der Waals surface area contributed by atoms with E-state index in [1.54, 1.807) is 5.20 Å². The van der Waals surface area contributed by atoms with Crippen LogP contribution < -0.4 is 20.2 Å². The third-order valence-electron chi connectivity index (χ3n) is 16.4. The van der Waals surface area contributed by atoms with E-state index in [4.69, 9.17) is 8.83 Å². The average Bonchev–Trinajstić information content (AvgIpc) is 4.04. The number of nitrogens with zero attached hydrogens (tertiary/aromatic N) is 2. The van der Waals surface area contributed by atoms with Gasteiger partial charge in [0.15, 0.2) is 0 Å². The van der Waals surface area contributed by atoms with Gasteiger partial charge in [-0.2, -0.15) is 0 Å². The molecule has 6 heteroatoms. The number of para-hydroxylation sites is 2. The Bertz CT molecular complexity index is 3920. The average molecular weight is 943 g/mol. The van der Waals surface area contributed by atoms with Gasteiger partial charge in [0.25, 0.3) is 0 Å². The van der Waals surface area contributed by atoms with Gasteiger partial charge in [0.2, 0.25) is 0 Å².